The molecule has 2 aromatic carbocycles. The summed E-state index contributed by atoms with van der Waals surface area (Å²) in [5.74, 6) is 3.27. The Morgan fingerprint density at radius 1 is 1.04 bits per heavy atom. The Bertz CT molecular complexity index is 832. The summed E-state index contributed by atoms with van der Waals surface area (Å²) >= 11 is 1.62. The average Bonchev–Trinajstić information content (AvgIpc) is 3.09. The lowest BCUT2D eigenvalue weighted by atomic mass is 10.2. The minimum Gasteiger partial charge on any atom is -0.497 e. The molecule has 0 saturated carbocycles. The SMILES string of the molecule is C=CCn1c(SCCOc2ccc(OC)cc2)nnc1-c1ccccc1. The zero-order valence-electron chi connectivity index (χ0n) is 14.7. The molecule has 3 aromatic rings. The molecule has 26 heavy (non-hydrogen) atoms. The number of benzene rings is 2. The van der Waals surface area contributed by atoms with Gasteiger partial charge in [0.05, 0.1) is 13.7 Å². The summed E-state index contributed by atoms with van der Waals surface area (Å²) in [6.45, 7) is 5.09. The van der Waals surface area contributed by atoms with E-state index in [1.54, 1.807) is 18.9 Å². The van der Waals surface area contributed by atoms with Crippen LogP contribution < -0.4 is 9.47 Å². The van der Waals surface area contributed by atoms with Gasteiger partial charge in [0.15, 0.2) is 11.0 Å². The first kappa shape index (κ1) is 18.1. The molecule has 0 radical (unpaired) electrons. The van der Waals surface area contributed by atoms with Crippen LogP contribution in [-0.4, -0.2) is 34.2 Å². The van der Waals surface area contributed by atoms with Gasteiger partial charge in [-0.05, 0) is 24.3 Å². The minimum absolute atomic E-state index is 0.582. The van der Waals surface area contributed by atoms with Crippen LogP contribution in [0.3, 0.4) is 0 Å². The molecule has 1 aromatic heterocycles. The molecule has 0 saturated heterocycles. The maximum absolute atomic E-state index is 5.76. The lowest BCUT2D eigenvalue weighted by Crippen LogP contribution is -2.04. The normalized spacial score (nSPS) is 10.5. The van der Waals surface area contributed by atoms with Crippen LogP contribution in [0.1, 0.15) is 0 Å². The number of allylic oxidation sites excluding steroid dienone is 1. The van der Waals surface area contributed by atoms with Crippen LogP contribution in [0.5, 0.6) is 11.5 Å². The van der Waals surface area contributed by atoms with Crippen molar-refractivity contribution in [2.75, 3.05) is 19.5 Å². The van der Waals surface area contributed by atoms with Crippen molar-refractivity contribution < 1.29 is 9.47 Å². The van der Waals surface area contributed by atoms with Crippen molar-refractivity contribution in [1.82, 2.24) is 14.8 Å². The second-order valence-electron chi connectivity index (χ2n) is 5.44. The van der Waals surface area contributed by atoms with Crippen LogP contribution in [0.15, 0.2) is 72.4 Å². The van der Waals surface area contributed by atoms with E-state index in [4.69, 9.17) is 9.47 Å². The first-order valence-electron chi connectivity index (χ1n) is 8.31. The van der Waals surface area contributed by atoms with Gasteiger partial charge in [0, 0.05) is 17.9 Å². The lowest BCUT2D eigenvalue weighted by molar-refractivity contribution is 0.342. The highest BCUT2D eigenvalue weighted by molar-refractivity contribution is 7.99. The van der Waals surface area contributed by atoms with E-state index in [0.717, 1.165) is 33.8 Å². The molecule has 0 N–H and O–H groups in total. The van der Waals surface area contributed by atoms with E-state index in [1.165, 1.54) is 0 Å². The van der Waals surface area contributed by atoms with Gasteiger partial charge < -0.3 is 9.47 Å². The molecule has 0 amide bonds. The number of methoxy groups -OCH3 is 1. The average molecular weight is 367 g/mol. The molecule has 0 fully saturated rings. The van der Waals surface area contributed by atoms with E-state index in [9.17, 15) is 0 Å². The Kier molecular flexibility index (Phi) is 6.33. The van der Waals surface area contributed by atoms with Crippen LogP contribution in [0.2, 0.25) is 0 Å². The summed E-state index contributed by atoms with van der Waals surface area (Å²) in [6, 6.07) is 17.6. The van der Waals surface area contributed by atoms with Gasteiger partial charge in [0.1, 0.15) is 11.5 Å². The molecule has 0 unspecified atom stereocenters. The van der Waals surface area contributed by atoms with Gasteiger partial charge >= 0.3 is 0 Å². The van der Waals surface area contributed by atoms with Crippen molar-refractivity contribution in [3.05, 3.63) is 67.3 Å². The summed E-state index contributed by atoms with van der Waals surface area (Å²) in [5, 5.41) is 9.55. The van der Waals surface area contributed by atoms with Gasteiger partial charge in [0.25, 0.3) is 0 Å². The third-order valence-electron chi connectivity index (χ3n) is 3.70. The Balaban J connectivity index is 1.60. The van der Waals surface area contributed by atoms with E-state index in [2.05, 4.69) is 21.3 Å². The van der Waals surface area contributed by atoms with Gasteiger partial charge in [0.2, 0.25) is 0 Å². The second kappa shape index (κ2) is 9.10. The summed E-state index contributed by atoms with van der Waals surface area (Å²) in [6.07, 6.45) is 1.85. The quantitative estimate of drug-likeness (QED) is 0.320. The molecular weight excluding hydrogens is 346 g/mol. The molecule has 0 aliphatic carbocycles. The highest BCUT2D eigenvalue weighted by atomic mass is 32.2. The lowest BCUT2D eigenvalue weighted by Gasteiger charge is -2.09. The van der Waals surface area contributed by atoms with Gasteiger partial charge in [-0.25, -0.2) is 0 Å². The number of ether oxygens (including phenoxy) is 2. The number of thioether (sulfide) groups is 1. The van der Waals surface area contributed by atoms with E-state index in [-0.39, 0.29) is 0 Å². The van der Waals surface area contributed by atoms with Gasteiger partial charge in [-0.1, -0.05) is 48.2 Å². The van der Waals surface area contributed by atoms with Gasteiger partial charge in [-0.3, -0.25) is 4.57 Å². The van der Waals surface area contributed by atoms with Crippen LogP contribution in [-0.2, 0) is 6.54 Å². The summed E-state index contributed by atoms with van der Waals surface area (Å²) in [7, 11) is 1.65. The van der Waals surface area contributed by atoms with E-state index in [1.807, 2.05) is 60.7 Å². The third kappa shape index (κ3) is 4.46. The standard InChI is InChI=1S/C20H21N3O2S/c1-3-13-23-19(16-7-5-4-6-8-16)21-22-20(23)26-15-14-25-18-11-9-17(24-2)10-12-18/h3-12H,1,13-15H2,2H3. The zero-order chi connectivity index (χ0) is 18.2. The monoisotopic (exact) mass is 367 g/mol. The van der Waals surface area contributed by atoms with Crippen LogP contribution >= 0.6 is 11.8 Å². The second-order valence-corrected chi connectivity index (χ2v) is 6.51. The Labute approximate surface area is 157 Å². The molecule has 0 aliphatic rings. The van der Waals surface area contributed by atoms with Crippen LogP contribution in [0.4, 0.5) is 0 Å². The predicted octanol–water partition coefficient (Wildman–Crippen LogP) is 4.31. The molecule has 0 spiro atoms. The molecule has 0 bridgehead atoms. The molecule has 5 nitrogen and oxygen atoms in total. The molecule has 6 heteroatoms. The molecule has 0 aliphatic heterocycles. The molecule has 134 valence electrons. The fourth-order valence-electron chi connectivity index (χ4n) is 2.45. The Morgan fingerprint density at radius 2 is 1.77 bits per heavy atom. The van der Waals surface area contributed by atoms with Crippen molar-refractivity contribution in [1.29, 1.82) is 0 Å². The molecule has 1 heterocycles. The summed E-state index contributed by atoms with van der Waals surface area (Å²) < 4.78 is 13.0. The van der Waals surface area contributed by atoms with Crippen molar-refractivity contribution in [2.24, 2.45) is 0 Å². The third-order valence-corrected chi connectivity index (χ3v) is 4.63. The number of hydrogen-bond acceptors (Lipinski definition) is 5. The first-order chi connectivity index (χ1) is 12.8. The molecule has 0 atom stereocenters. The predicted molar refractivity (Wildman–Crippen MR) is 105 cm³/mol. The highest BCUT2D eigenvalue weighted by Gasteiger charge is 2.13. The Hall–Kier alpha value is -2.73. The number of aromatic nitrogens is 3. The maximum Gasteiger partial charge on any atom is 0.191 e. The fraction of sp³-hybridized carbons (Fsp3) is 0.200. The van der Waals surface area contributed by atoms with E-state index in [0.29, 0.717) is 13.2 Å². The van der Waals surface area contributed by atoms with Crippen LogP contribution in [0, 0.1) is 0 Å². The number of hydrogen-bond donors (Lipinski definition) is 0. The highest BCUT2D eigenvalue weighted by Crippen LogP contribution is 2.24. The fourth-order valence-corrected chi connectivity index (χ4v) is 3.22. The van der Waals surface area contributed by atoms with Crippen LogP contribution in [0.25, 0.3) is 11.4 Å². The number of nitrogens with zero attached hydrogens (tertiary/aromatic N) is 3. The zero-order valence-corrected chi connectivity index (χ0v) is 15.5. The van der Waals surface area contributed by atoms with Crippen molar-refractivity contribution in [3.63, 3.8) is 0 Å². The van der Waals surface area contributed by atoms with Crippen molar-refractivity contribution in [3.8, 4) is 22.9 Å². The van der Waals surface area contributed by atoms with Crippen molar-refractivity contribution in [2.45, 2.75) is 11.7 Å². The number of rotatable bonds is 9. The minimum atomic E-state index is 0.582. The molecular formula is C20H21N3O2S. The summed E-state index contributed by atoms with van der Waals surface area (Å²) in [4.78, 5) is 0. The smallest absolute Gasteiger partial charge is 0.191 e. The van der Waals surface area contributed by atoms with Crippen molar-refractivity contribution >= 4 is 11.8 Å². The maximum atomic E-state index is 5.76. The van der Waals surface area contributed by atoms with Gasteiger partial charge in [-0.15, -0.1) is 16.8 Å². The topological polar surface area (TPSA) is 49.2 Å². The Morgan fingerprint density at radius 3 is 2.46 bits per heavy atom. The van der Waals surface area contributed by atoms with E-state index >= 15 is 0 Å². The van der Waals surface area contributed by atoms with E-state index < -0.39 is 0 Å². The molecule has 3 rings (SSSR count). The largest absolute Gasteiger partial charge is 0.497 e. The summed E-state index contributed by atoms with van der Waals surface area (Å²) in [5.41, 5.74) is 1.04. The first-order valence-corrected chi connectivity index (χ1v) is 9.29. The van der Waals surface area contributed by atoms with Gasteiger partial charge in [-0.2, -0.15) is 0 Å².